The fraction of sp³-hybridized carbons (Fsp3) is 0.227. The van der Waals surface area contributed by atoms with Crippen molar-refractivity contribution in [2.75, 3.05) is 13.7 Å². The highest BCUT2D eigenvalue weighted by atomic mass is 32.2. The number of nitrogens with one attached hydrogen (secondary N) is 1. The van der Waals surface area contributed by atoms with Gasteiger partial charge in [0.1, 0.15) is 16.8 Å². The lowest BCUT2D eigenvalue weighted by molar-refractivity contribution is 0.0953. The van der Waals surface area contributed by atoms with Crippen LogP contribution in [0.1, 0.15) is 32.5 Å². The molecule has 1 atom stereocenters. The Kier molecular flexibility index (Phi) is 6.08. The first-order chi connectivity index (χ1) is 13.8. The molecule has 0 aliphatic carbocycles. The molecule has 0 fully saturated rings. The largest absolute Gasteiger partial charge is 0.497 e. The number of amides is 1. The molecule has 0 saturated heterocycles. The van der Waals surface area contributed by atoms with E-state index in [1.165, 1.54) is 25.5 Å². The van der Waals surface area contributed by atoms with Gasteiger partial charge in [0, 0.05) is 12.1 Å². The van der Waals surface area contributed by atoms with Gasteiger partial charge >= 0.3 is 0 Å². The number of sulfone groups is 1. The molecule has 0 aliphatic rings. The minimum absolute atomic E-state index is 0.117. The van der Waals surface area contributed by atoms with Gasteiger partial charge in [-0.05, 0) is 62.4 Å². The Bertz CT molecular complexity index is 1070. The van der Waals surface area contributed by atoms with Crippen LogP contribution in [-0.2, 0) is 9.84 Å². The van der Waals surface area contributed by atoms with Gasteiger partial charge in [0.2, 0.25) is 0 Å². The third kappa shape index (κ3) is 4.68. The Morgan fingerprint density at radius 2 is 1.72 bits per heavy atom. The summed E-state index contributed by atoms with van der Waals surface area (Å²) in [4.78, 5) is 12.7. The first kappa shape index (κ1) is 20.7. The second kappa shape index (κ2) is 8.53. The summed E-state index contributed by atoms with van der Waals surface area (Å²) in [6, 6.07) is 14.8. The standard InChI is InChI=1S/C22H23NO5S/c1-15-11-16(2)13-17(12-15)22(24)23-14-21(20-5-4-10-28-20)29(25,26)19-8-6-18(27-3)7-9-19/h4-13,21H,14H2,1-3H3,(H,23,24)/t21-/m0/s1. The average molecular weight is 413 g/mol. The molecule has 1 N–H and O–H groups in total. The molecule has 3 rings (SSSR count). The summed E-state index contributed by atoms with van der Waals surface area (Å²) in [5.74, 6) is 0.487. The monoisotopic (exact) mass is 413 g/mol. The second-order valence-electron chi connectivity index (χ2n) is 6.81. The molecule has 0 saturated carbocycles. The van der Waals surface area contributed by atoms with Gasteiger partial charge in [-0.25, -0.2) is 8.42 Å². The predicted molar refractivity (Wildman–Crippen MR) is 110 cm³/mol. The fourth-order valence-electron chi connectivity index (χ4n) is 3.16. The molecule has 0 aliphatic heterocycles. The molecule has 29 heavy (non-hydrogen) atoms. The highest BCUT2D eigenvalue weighted by Crippen LogP contribution is 2.30. The summed E-state index contributed by atoms with van der Waals surface area (Å²) in [6.07, 6.45) is 1.41. The van der Waals surface area contributed by atoms with E-state index >= 15 is 0 Å². The summed E-state index contributed by atoms with van der Waals surface area (Å²) in [6.45, 7) is 3.70. The minimum atomic E-state index is -3.81. The van der Waals surface area contributed by atoms with E-state index in [9.17, 15) is 13.2 Å². The Balaban J connectivity index is 1.87. The lowest BCUT2D eigenvalue weighted by Gasteiger charge is -2.17. The molecular formula is C22H23NO5S. The van der Waals surface area contributed by atoms with E-state index in [1.54, 1.807) is 36.4 Å². The van der Waals surface area contributed by atoms with Crippen LogP contribution in [-0.4, -0.2) is 28.0 Å². The molecule has 3 aromatic rings. The summed E-state index contributed by atoms with van der Waals surface area (Å²) < 4.78 is 36.9. The van der Waals surface area contributed by atoms with E-state index in [-0.39, 0.29) is 23.1 Å². The number of carbonyl (C=O) groups is 1. The van der Waals surface area contributed by atoms with Crippen LogP contribution in [0.2, 0.25) is 0 Å². The number of furan rings is 1. The topological polar surface area (TPSA) is 85.6 Å². The van der Waals surface area contributed by atoms with Gasteiger partial charge in [0.05, 0.1) is 18.3 Å². The number of aryl methyl sites for hydroxylation is 2. The predicted octanol–water partition coefficient (Wildman–Crippen LogP) is 3.85. The van der Waals surface area contributed by atoms with Crippen molar-refractivity contribution >= 4 is 15.7 Å². The molecule has 0 radical (unpaired) electrons. The molecular weight excluding hydrogens is 390 g/mol. The number of methoxy groups -OCH3 is 1. The SMILES string of the molecule is COc1ccc(S(=O)(=O)[C@@H](CNC(=O)c2cc(C)cc(C)c2)c2ccco2)cc1. The molecule has 1 amide bonds. The Labute approximate surface area is 170 Å². The van der Waals surface area contributed by atoms with Gasteiger partial charge in [-0.1, -0.05) is 17.2 Å². The van der Waals surface area contributed by atoms with Crippen molar-refractivity contribution in [1.29, 1.82) is 0 Å². The van der Waals surface area contributed by atoms with Crippen molar-refractivity contribution < 1.29 is 22.4 Å². The van der Waals surface area contributed by atoms with Gasteiger partial charge in [0.25, 0.3) is 5.91 Å². The van der Waals surface area contributed by atoms with E-state index in [0.717, 1.165) is 11.1 Å². The van der Waals surface area contributed by atoms with Crippen molar-refractivity contribution in [3.8, 4) is 5.75 Å². The number of benzene rings is 2. The van der Waals surface area contributed by atoms with Crippen molar-refractivity contribution in [2.24, 2.45) is 0 Å². The van der Waals surface area contributed by atoms with Crippen molar-refractivity contribution in [3.63, 3.8) is 0 Å². The lowest BCUT2D eigenvalue weighted by atomic mass is 10.1. The maximum atomic E-state index is 13.2. The Morgan fingerprint density at radius 3 is 2.28 bits per heavy atom. The van der Waals surface area contributed by atoms with E-state index < -0.39 is 15.1 Å². The molecule has 0 unspecified atom stereocenters. The van der Waals surface area contributed by atoms with Gasteiger partial charge < -0.3 is 14.5 Å². The summed E-state index contributed by atoms with van der Waals surface area (Å²) in [5, 5.41) is 1.68. The van der Waals surface area contributed by atoms with Crippen LogP contribution >= 0.6 is 0 Å². The maximum Gasteiger partial charge on any atom is 0.251 e. The third-order valence-corrected chi connectivity index (χ3v) is 6.63. The number of hydrogen-bond donors (Lipinski definition) is 1. The Hall–Kier alpha value is -3.06. The molecule has 7 heteroatoms. The summed E-state index contributed by atoms with van der Waals surface area (Å²) in [5.41, 5.74) is 2.41. The van der Waals surface area contributed by atoms with Gasteiger partial charge in [-0.3, -0.25) is 4.79 Å². The lowest BCUT2D eigenvalue weighted by Crippen LogP contribution is -2.31. The van der Waals surface area contributed by atoms with Crippen LogP contribution in [0.3, 0.4) is 0 Å². The highest BCUT2D eigenvalue weighted by Gasteiger charge is 2.32. The number of rotatable bonds is 7. The zero-order valence-corrected chi connectivity index (χ0v) is 17.3. The molecule has 6 nitrogen and oxygen atoms in total. The van der Waals surface area contributed by atoms with E-state index in [2.05, 4.69) is 5.32 Å². The summed E-state index contributed by atoms with van der Waals surface area (Å²) >= 11 is 0. The molecule has 0 bridgehead atoms. The van der Waals surface area contributed by atoms with Crippen molar-refractivity contribution in [2.45, 2.75) is 24.0 Å². The van der Waals surface area contributed by atoms with Crippen molar-refractivity contribution in [1.82, 2.24) is 5.32 Å². The third-order valence-electron chi connectivity index (χ3n) is 4.55. The van der Waals surface area contributed by atoms with Crippen LogP contribution in [0.4, 0.5) is 0 Å². The van der Waals surface area contributed by atoms with Crippen LogP contribution in [0, 0.1) is 13.8 Å². The van der Waals surface area contributed by atoms with E-state index in [0.29, 0.717) is 11.3 Å². The fourth-order valence-corrected chi connectivity index (χ4v) is 4.75. The Morgan fingerprint density at radius 1 is 1.07 bits per heavy atom. The first-order valence-electron chi connectivity index (χ1n) is 9.09. The van der Waals surface area contributed by atoms with Gasteiger partial charge in [-0.2, -0.15) is 0 Å². The van der Waals surface area contributed by atoms with Gasteiger partial charge in [0.15, 0.2) is 9.84 Å². The number of ether oxygens (including phenoxy) is 1. The number of hydrogen-bond acceptors (Lipinski definition) is 5. The normalized spacial score (nSPS) is 12.4. The van der Waals surface area contributed by atoms with Crippen LogP contribution < -0.4 is 10.1 Å². The maximum absolute atomic E-state index is 13.2. The first-order valence-corrected chi connectivity index (χ1v) is 10.6. The van der Waals surface area contributed by atoms with Crippen molar-refractivity contribution in [3.05, 3.63) is 83.3 Å². The second-order valence-corrected chi connectivity index (χ2v) is 8.94. The van der Waals surface area contributed by atoms with E-state index in [4.69, 9.17) is 9.15 Å². The zero-order valence-electron chi connectivity index (χ0n) is 16.5. The van der Waals surface area contributed by atoms with Crippen LogP contribution in [0.5, 0.6) is 5.75 Å². The zero-order chi connectivity index (χ0) is 21.0. The molecule has 2 aromatic carbocycles. The van der Waals surface area contributed by atoms with Crippen LogP contribution in [0.15, 0.2) is 70.2 Å². The van der Waals surface area contributed by atoms with Gasteiger partial charge in [-0.15, -0.1) is 0 Å². The average Bonchev–Trinajstić information content (AvgIpc) is 3.21. The molecule has 152 valence electrons. The smallest absolute Gasteiger partial charge is 0.251 e. The molecule has 1 aromatic heterocycles. The quantitative estimate of drug-likeness (QED) is 0.636. The van der Waals surface area contributed by atoms with Crippen LogP contribution in [0.25, 0.3) is 0 Å². The molecule has 1 heterocycles. The summed E-state index contributed by atoms with van der Waals surface area (Å²) in [7, 11) is -2.30. The highest BCUT2D eigenvalue weighted by molar-refractivity contribution is 7.91. The van der Waals surface area contributed by atoms with E-state index in [1.807, 2.05) is 19.9 Å². The minimum Gasteiger partial charge on any atom is -0.497 e. The number of carbonyl (C=O) groups excluding carboxylic acids is 1. The molecule has 0 spiro atoms.